The number of fused-ring (bicyclic) bond motifs is 1. The summed E-state index contributed by atoms with van der Waals surface area (Å²) in [5.74, 6) is -0.0422. The molecule has 0 bridgehead atoms. The van der Waals surface area contributed by atoms with Crippen LogP contribution in [0.5, 0.6) is 0 Å². The minimum atomic E-state index is -0.481. The molecule has 1 aromatic rings. The number of halogens is 1. The Morgan fingerprint density at radius 1 is 1.39 bits per heavy atom. The van der Waals surface area contributed by atoms with E-state index in [2.05, 4.69) is 30.9 Å². The predicted molar refractivity (Wildman–Crippen MR) is 76.3 cm³/mol. The largest absolute Gasteiger partial charge is 0.347 e. The molecule has 0 fully saturated rings. The van der Waals surface area contributed by atoms with Crippen LogP contribution in [0.2, 0.25) is 0 Å². The van der Waals surface area contributed by atoms with Crippen LogP contribution in [-0.4, -0.2) is 18.2 Å². The van der Waals surface area contributed by atoms with E-state index in [0.717, 1.165) is 11.4 Å². The average molecular weight is 264 g/mol. The van der Waals surface area contributed by atoms with E-state index in [1.54, 1.807) is 13.0 Å². The van der Waals surface area contributed by atoms with Crippen molar-refractivity contribution in [2.75, 3.05) is 11.9 Å². The van der Waals surface area contributed by atoms with Gasteiger partial charge >= 0.3 is 0 Å². The van der Waals surface area contributed by atoms with Crippen molar-refractivity contribution >= 4 is 23.1 Å². The van der Waals surface area contributed by atoms with Crippen molar-refractivity contribution < 1.29 is 4.79 Å². The summed E-state index contributed by atoms with van der Waals surface area (Å²) in [6, 6.07) is 8.23. The Kier molecular flexibility index (Phi) is 3.24. The molecule has 1 aromatic carbocycles. The van der Waals surface area contributed by atoms with Gasteiger partial charge in [0.05, 0.1) is 5.38 Å². The standard InChI is InChI=1S/C15H18ClNO/c1-10(16)13(18)9-14-15(2,3)11-7-5-6-8-12(11)17(14)4/h5-10H,1-4H3/b14-9+/t10-/m0/s1. The van der Waals surface area contributed by atoms with Gasteiger partial charge in [0, 0.05) is 29.9 Å². The second-order valence-corrected chi connectivity index (χ2v) is 5.90. The first-order valence-corrected chi connectivity index (χ1v) is 6.52. The fourth-order valence-electron chi connectivity index (χ4n) is 2.51. The molecule has 0 unspecified atom stereocenters. The van der Waals surface area contributed by atoms with E-state index in [9.17, 15) is 4.79 Å². The third kappa shape index (κ3) is 1.95. The molecule has 0 saturated heterocycles. The van der Waals surface area contributed by atoms with Crippen LogP contribution in [0.15, 0.2) is 36.0 Å². The summed E-state index contributed by atoms with van der Waals surface area (Å²) in [7, 11) is 1.99. The Morgan fingerprint density at radius 3 is 2.56 bits per heavy atom. The van der Waals surface area contributed by atoms with Gasteiger partial charge in [-0.3, -0.25) is 4.79 Å². The molecule has 0 aliphatic carbocycles. The Balaban J connectivity index is 2.51. The SMILES string of the molecule is C[C@H](Cl)C(=O)/C=C1/N(C)c2ccccc2C1(C)C. The molecule has 18 heavy (non-hydrogen) atoms. The topological polar surface area (TPSA) is 20.3 Å². The van der Waals surface area contributed by atoms with Gasteiger partial charge in [-0.2, -0.15) is 0 Å². The summed E-state index contributed by atoms with van der Waals surface area (Å²) >= 11 is 5.85. The number of hydrogen-bond acceptors (Lipinski definition) is 2. The molecule has 0 saturated carbocycles. The third-order valence-electron chi connectivity index (χ3n) is 3.61. The van der Waals surface area contributed by atoms with E-state index in [1.807, 2.05) is 19.2 Å². The molecule has 0 amide bonds. The van der Waals surface area contributed by atoms with Crippen molar-refractivity contribution in [1.82, 2.24) is 0 Å². The summed E-state index contributed by atoms with van der Waals surface area (Å²) in [6.45, 7) is 5.97. The molecular weight excluding hydrogens is 246 g/mol. The molecule has 96 valence electrons. The Bertz CT molecular complexity index is 517. The van der Waals surface area contributed by atoms with Gasteiger partial charge in [-0.15, -0.1) is 11.6 Å². The number of carbonyl (C=O) groups excluding carboxylic acids is 1. The van der Waals surface area contributed by atoms with Crippen LogP contribution in [0, 0.1) is 0 Å². The molecule has 0 aromatic heterocycles. The number of carbonyl (C=O) groups is 1. The zero-order chi connectivity index (χ0) is 13.5. The first kappa shape index (κ1) is 13.2. The summed E-state index contributed by atoms with van der Waals surface area (Å²) in [5, 5.41) is -0.481. The number of ketones is 1. The highest BCUT2D eigenvalue weighted by atomic mass is 35.5. The Morgan fingerprint density at radius 2 is 2.00 bits per heavy atom. The predicted octanol–water partition coefficient (Wildman–Crippen LogP) is 3.49. The minimum Gasteiger partial charge on any atom is -0.347 e. The van der Waals surface area contributed by atoms with Crippen LogP contribution < -0.4 is 4.90 Å². The lowest BCUT2D eigenvalue weighted by Crippen LogP contribution is -2.25. The van der Waals surface area contributed by atoms with Crippen LogP contribution in [0.4, 0.5) is 5.69 Å². The number of likely N-dealkylation sites (N-methyl/N-ethyl adjacent to an activating group) is 1. The monoisotopic (exact) mass is 263 g/mol. The van der Waals surface area contributed by atoms with Crippen molar-refractivity contribution in [3.05, 3.63) is 41.6 Å². The molecule has 1 aliphatic heterocycles. The lowest BCUT2D eigenvalue weighted by Gasteiger charge is -2.24. The zero-order valence-electron chi connectivity index (χ0n) is 11.2. The number of hydrogen-bond donors (Lipinski definition) is 0. The number of para-hydroxylation sites is 1. The Labute approximate surface area is 113 Å². The number of allylic oxidation sites excluding steroid dienone is 2. The van der Waals surface area contributed by atoms with E-state index in [4.69, 9.17) is 11.6 Å². The maximum atomic E-state index is 11.8. The van der Waals surface area contributed by atoms with Crippen molar-refractivity contribution in [1.29, 1.82) is 0 Å². The van der Waals surface area contributed by atoms with Crippen molar-refractivity contribution in [2.45, 2.75) is 31.6 Å². The molecule has 2 nitrogen and oxygen atoms in total. The van der Waals surface area contributed by atoms with Crippen molar-refractivity contribution in [3.8, 4) is 0 Å². The molecule has 1 aliphatic rings. The van der Waals surface area contributed by atoms with Gasteiger partial charge in [0.1, 0.15) is 0 Å². The molecule has 0 spiro atoms. The first-order chi connectivity index (χ1) is 8.35. The van der Waals surface area contributed by atoms with Crippen molar-refractivity contribution in [3.63, 3.8) is 0 Å². The van der Waals surface area contributed by atoms with Crippen molar-refractivity contribution in [2.24, 2.45) is 0 Å². The molecule has 0 N–H and O–H groups in total. The maximum Gasteiger partial charge on any atom is 0.174 e. The molecule has 2 rings (SSSR count). The number of nitrogens with zero attached hydrogens (tertiary/aromatic N) is 1. The van der Waals surface area contributed by atoms with E-state index in [0.29, 0.717) is 0 Å². The highest BCUT2D eigenvalue weighted by Gasteiger charge is 2.38. The highest BCUT2D eigenvalue weighted by Crippen LogP contribution is 2.46. The number of anilines is 1. The molecule has 1 atom stereocenters. The Hall–Kier alpha value is -1.28. The van der Waals surface area contributed by atoms with E-state index in [-0.39, 0.29) is 11.2 Å². The van der Waals surface area contributed by atoms with E-state index >= 15 is 0 Å². The fourth-order valence-corrected chi connectivity index (χ4v) is 2.57. The summed E-state index contributed by atoms with van der Waals surface area (Å²) in [5.41, 5.74) is 3.24. The van der Waals surface area contributed by atoms with Crippen LogP contribution in [-0.2, 0) is 10.2 Å². The second kappa shape index (κ2) is 4.43. The van der Waals surface area contributed by atoms with Gasteiger partial charge in [-0.05, 0) is 18.6 Å². The van der Waals surface area contributed by atoms with Gasteiger partial charge in [0.2, 0.25) is 0 Å². The van der Waals surface area contributed by atoms with E-state index in [1.165, 1.54) is 5.56 Å². The zero-order valence-corrected chi connectivity index (χ0v) is 12.0. The van der Waals surface area contributed by atoms with Crippen LogP contribution in [0.1, 0.15) is 26.3 Å². The van der Waals surface area contributed by atoms with Gasteiger partial charge < -0.3 is 4.90 Å². The summed E-state index contributed by atoms with van der Waals surface area (Å²) in [4.78, 5) is 13.9. The molecular formula is C15H18ClNO. The number of alkyl halides is 1. The van der Waals surface area contributed by atoms with Gasteiger partial charge in [0.25, 0.3) is 0 Å². The molecule has 0 radical (unpaired) electrons. The number of rotatable bonds is 2. The van der Waals surface area contributed by atoms with Gasteiger partial charge in [-0.1, -0.05) is 32.0 Å². The normalized spacial score (nSPS) is 20.9. The lowest BCUT2D eigenvalue weighted by molar-refractivity contribution is -0.114. The average Bonchev–Trinajstić information content (AvgIpc) is 2.51. The maximum absolute atomic E-state index is 11.8. The lowest BCUT2D eigenvalue weighted by atomic mass is 9.83. The number of benzene rings is 1. The second-order valence-electron chi connectivity index (χ2n) is 5.25. The van der Waals surface area contributed by atoms with Crippen LogP contribution >= 0.6 is 11.6 Å². The van der Waals surface area contributed by atoms with Gasteiger partial charge in [0.15, 0.2) is 5.78 Å². The summed E-state index contributed by atoms with van der Waals surface area (Å²) in [6.07, 6.45) is 1.68. The first-order valence-electron chi connectivity index (χ1n) is 6.09. The third-order valence-corrected chi connectivity index (χ3v) is 3.83. The minimum absolute atomic E-state index is 0.0422. The summed E-state index contributed by atoms with van der Waals surface area (Å²) < 4.78 is 0. The van der Waals surface area contributed by atoms with E-state index < -0.39 is 5.38 Å². The highest BCUT2D eigenvalue weighted by molar-refractivity contribution is 6.32. The van der Waals surface area contributed by atoms with Gasteiger partial charge in [-0.25, -0.2) is 0 Å². The fraction of sp³-hybridized carbons (Fsp3) is 0.400. The van der Waals surface area contributed by atoms with Crippen LogP contribution in [0.25, 0.3) is 0 Å². The quantitative estimate of drug-likeness (QED) is 0.601. The smallest absolute Gasteiger partial charge is 0.174 e. The molecule has 1 heterocycles. The molecule has 3 heteroatoms. The van der Waals surface area contributed by atoms with Crippen LogP contribution in [0.3, 0.4) is 0 Å².